The minimum atomic E-state index is -0.537. The van der Waals surface area contributed by atoms with Crippen molar-refractivity contribution < 1.29 is 4.39 Å². The molecule has 0 aromatic heterocycles. The maximum atomic E-state index is 12.5. The van der Waals surface area contributed by atoms with Crippen LogP contribution in [0.2, 0.25) is 0 Å². The van der Waals surface area contributed by atoms with E-state index < -0.39 is 6.17 Å². The highest BCUT2D eigenvalue weighted by atomic mass is 19.1. The number of rotatable bonds is 1. The lowest BCUT2D eigenvalue weighted by molar-refractivity contribution is 0.00519. The molecule has 0 aliphatic carbocycles. The molecule has 0 N–H and O–H groups in total. The van der Waals surface area contributed by atoms with Crippen molar-refractivity contribution in [2.75, 3.05) is 33.2 Å². The number of alkyl halides is 1. The molecule has 2 nitrogen and oxygen atoms in total. The summed E-state index contributed by atoms with van der Waals surface area (Å²) in [7, 11) is 2.16. The van der Waals surface area contributed by atoms with Crippen molar-refractivity contribution in [3.63, 3.8) is 0 Å². The van der Waals surface area contributed by atoms with Gasteiger partial charge in [0.05, 0.1) is 0 Å². The molecule has 2 aliphatic heterocycles. The summed E-state index contributed by atoms with van der Waals surface area (Å²) in [6.07, 6.45) is 1.91. The van der Waals surface area contributed by atoms with E-state index in [1.807, 2.05) is 0 Å². The molecule has 70 valence electrons. The molecule has 0 aromatic rings. The van der Waals surface area contributed by atoms with Crippen molar-refractivity contribution in [1.29, 1.82) is 0 Å². The lowest BCUT2D eigenvalue weighted by atomic mass is 9.99. The van der Waals surface area contributed by atoms with Gasteiger partial charge in [-0.25, -0.2) is 4.39 Å². The first kappa shape index (κ1) is 8.45. The predicted octanol–water partition coefficient (Wildman–Crippen LogP) is 0.734. The van der Waals surface area contributed by atoms with Crippen molar-refractivity contribution in [3.8, 4) is 0 Å². The number of piperidine rings is 1. The van der Waals surface area contributed by atoms with Gasteiger partial charge < -0.3 is 4.90 Å². The van der Waals surface area contributed by atoms with E-state index in [1.165, 1.54) is 25.9 Å². The second-order valence-corrected chi connectivity index (χ2v) is 4.09. The lowest BCUT2D eigenvalue weighted by Crippen LogP contribution is -2.56. The molecule has 0 bridgehead atoms. The Balaban J connectivity index is 1.75. The average Bonchev–Trinajstić information content (AvgIpc) is 2.01. The molecular formula is C9H17FN2. The first-order valence-corrected chi connectivity index (χ1v) is 4.82. The Hall–Kier alpha value is -0.150. The summed E-state index contributed by atoms with van der Waals surface area (Å²) < 4.78 is 12.5. The molecule has 0 unspecified atom stereocenters. The first-order chi connectivity index (χ1) is 5.75. The van der Waals surface area contributed by atoms with Gasteiger partial charge in [-0.2, -0.15) is 0 Å². The molecule has 2 aliphatic rings. The van der Waals surface area contributed by atoms with E-state index in [9.17, 15) is 4.39 Å². The largest absolute Gasteiger partial charge is 0.306 e. The van der Waals surface area contributed by atoms with E-state index in [1.54, 1.807) is 0 Å². The third-order valence-corrected chi connectivity index (χ3v) is 3.07. The highest BCUT2D eigenvalue weighted by molar-refractivity contribution is 4.87. The number of hydrogen-bond acceptors (Lipinski definition) is 2. The summed E-state index contributed by atoms with van der Waals surface area (Å²) in [6, 6.07) is 0.674. The van der Waals surface area contributed by atoms with Gasteiger partial charge in [-0.3, -0.25) is 4.90 Å². The van der Waals surface area contributed by atoms with Gasteiger partial charge in [-0.1, -0.05) is 0 Å². The van der Waals surface area contributed by atoms with E-state index in [0.717, 1.165) is 0 Å². The van der Waals surface area contributed by atoms with E-state index in [4.69, 9.17) is 0 Å². The minimum absolute atomic E-state index is 0.537. The van der Waals surface area contributed by atoms with Gasteiger partial charge in [-0.05, 0) is 33.0 Å². The molecule has 0 spiro atoms. The van der Waals surface area contributed by atoms with Crippen LogP contribution in [0.15, 0.2) is 0 Å². The number of halogens is 1. The lowest BCUT2D eigenvalue weighted by Gasteiger charge is -2.43. The molecule has 3 heteroatoms. The van der Waals surface area contributed by atoms with Crippen LogP contribution in [-0.2, 0) is 0 Å². The van der Waals surface area contributed by atoms with E-state index in [0.29, 0.717) is 19.1 Å². The van der Waals surface area contributed by atoms with Crippen LogP contribution in [0.4, 0.5) is 4.39 Å². The summed E-state index contributed by atoms with van der Waals surface area (Å²) in [6.45, 7) is 3.74. The van der Waals surface area contributed by atoms with Gasteiger partial charge in [-0.15, -0.1) is 0 Å². The third kappa shape index (κ3) is 1.62. The Kier molecular flexibility index (Phi) is 2.33. The monoisotopic (exact) mass is 172 g/mol. The number of nitrogens with zero attached hydrogens (tertiary/aromatic N) is 2. The van der Waals surface area contributed by atoms with Crippen LogP contribution in [0.5, 0.6) is 0 Å². The van der Waals surface area contributed by atoms with Crippen molar-refractivity contribution in [2.24, 2.45) is 0 Å². The maximum Gasteiger partial charge on any atom is 0.125 e. The quantitative estimate of drug-likeness (QED) is 0.575. The molecule has 2 heterocycles. The van der Waals surface area contributed by atoms with Crippen molar-refractivity contribution in [3.05, 3.63) is 0 Å². The van der Waals surface area contributed by atoms with E-state index >= 15 is 0 Å². The normalized spacial score (nSPS) is 30.5. The zero-order valence-corrected chi connectivity index (χ0v) is 7.67. The van der Waals surface area contributed by atoms with Gasteiger partial charge in [0.15, 0.2) is 0 Å². The summed E-state index contributed by atoms with van der Waals surface area (Å²) in [5.41, 5.74) is 0. The summed E-state index contributed by atoms with van der Waals surface area (Å²) in [5, 5.41) is 0. The van der Waals surface area contributed by atoms with E-state index in [2.05, 4.69) is 16.8 Å². The molecule has 0 radical (unpaired) electrons. The predicted molar refractivity (Wildman–Crippen MR) is 47.0 cm³/mol. The van der Waals surface area contributed by atoms with Crippen LogP contribution in [0.1, 0.15) is 12.8 Å². The van der Waals surface area contributed by atoms with Crippen LogP contribution >= 0.6 is 0 Å². The molecule has 0 saturated carbocycles. The highest BCUT2D eigenvalue weighted by Gasteiger charge is 2.33. The van der Waals surface area contributed by atoms with Crippen LogP contribution in [0, 0.1) is 0 Å². The van der Waals surface area contributed by atoms with E-state index in [-0.39, 0.29) is 0 Å². The van der Waals surface area contributed by atoms with Crippen molar-refractivity contribution in [1.82, 2.24) is 9.80 Å². The maximum absolute atomic E-state index is 12.5. The smallest absolute Gasteiger partial charge is 0.125 e. The fourth-order valence-corrected chi connectivity index (χ4v) is 2.11. The minimum Gasteiger partial charge on any atom is -0.306 e. The molecule has 0 atom stereocenters. The van der Waals surface area contributed by atoms with Crippen molar-refractivity contribution in [2.45, 2.75) is 25.1 Å². The van der Waals surface area contributed by atoms with Crippen molar-refractivity contribution >= 4 is 0 Å². The Bertz CT molecular complexity index is 149. The summed E-state index contributed by atoms with van der Waals surface area (Å²) in [4.78, 5) is 4.64. The molecule has 12 heavy (non-hydrogen) atoms. The zero-order chi connectivity index (χ0) is 8.55. The zero-order valence-electron chi connectivity index (χ0n) is 7.67. The van der Waals surface area contributed by atoms with Crippen LogP contribution in [0.3, 0.4) is 0 Å². The molecule has 0 aromatic carbocycles. The second kappa shape index (κ2) is 3.30. The third-order valence-electron chi connectivity index (χ3n) is 3.07. The fourth-order valence-electron chi connectivity index (χ4n) is 2.11. The highest BCUT2D eigenvalue weighted by Crippen LogP contribution is 2.22. The van der Waals surface area contributed by atoms with Crippen LogP contribution < -0.4 is 0 Å². The Morgan fingerprint density at radius 2 is 1.75 bits per heavy atom. The number of hydrogen-bond donors (Lipinski definition) is 0. The van der Waals surface area contributed by atoms with Gasteiger partial charge >= 0.3 is 0 Å². The standard InChI is InChI=1S/C9H17FN2/c1-11-4-2-9(3-5-11)12-6-8(10)7-12/h8-9H,2-7H2,1H3. The molecular weight excluding hydrogens is 155 g/mol. The molecule has 2 saturated heterocycles. The van der Waals surface area contributed by atoms with Crippen LogP contribution in [-0.4, -0.2) is 55.2 Å². The average molecular weight is 172 g/mol. The summed E-state index contributed by atoms with van der Waals surface area (Å²) in [5.74, 6) is 0. The summed E-state index contributed by atoms with van der Waals surface area (Å²) >= 11 is 0. The molecule has 2 rings (SSSR count). The molecule has 0 amide bonds. The van der Waals surface area contributed by atoms with Gasteiger partial charge in [0.1, 0.15) is 6.17 Å². The Labute approximate surface area is 73.3 Å². The topological polar surface area (TPSA) is 6.48 Å². The SMILES string of the molecule is CN1CCC(N2CC(F)C2)CC1. The van der Waals surface area contributed by atoms with Gasteiger partial charge in [0.2, 0.25) is 0 Å². The Morgan fingerprint density at radius 3 is 2.25 bits per heavy atom. The van der Waals surface area contributed by atoms with Gasteiger partial charge in [0, 0.05) is 19.1 Å². The Morgan fingerprint density at radius 1 is 1.17 bits per heavy atom. The number of likely N-dealkylation sites (tertiary alicyclic amines) is 2. The van der Waals surface area contributed by atoms with Crippen LogP contribution in [0.25, 0.3) is 0 Å². The van der Waals surface area contributed by atoms with Gasteiger partial charge in [0.25, 0.3) is 0 Å². The fraction of sp³-hybridized carbons (Fsp3) is 1.00. The first-order valence-electron chi connectivity index (χ1n) is 4.82. The second-order valence-electron chi connectivity index (χ2n) is 4.09. The molecule has 2 fully saturated rings.